The van der Waals surface area contributed by atoms with Crippen LogP contribution in [0, 0.1) is 11.8 Å². The maximum absolute atomic E-state index is 12.3. The topological polar surface area (TPSA) is 71.3 Å². The van der Waals surface area contributed by atoms with Crippen molar-refractivity contribution in [2.75, 3.05) is 19.6 Å². The SMILES string of the molecule is CC(C)CNC(=O)C1CCCN(Cc2nc(-c3cccs3)no2)C1. The zero-order valence-electron chi connectivity index (χ0n) is 14.2. The van der Waals surface area contributed by atoms with Crippen LogP contribution in [0.15, 0.2) is 22.0 Å². The summed E-state index contributed by atoms with van der Waals surface area (Å²) >= 11 is 1.60. The molecule has 1 aliphatic rings. The van der Waals surface area contributed by atoms with E-state index in [9.17, 15) is 4.79 Å². The Morgan fingerprint density at radius 2 is 2.42 bits per heavy atom. The summed E-state index contributed by atoms with van der Waals surface area (Å²) in [6, 6.07) is 3.95. The first-order valence-electron chi connectivity index (χ1n) is 8.48. The summed E-state index contributed by atoms with van der Waals surface area (Å²) in [6.07, 6.45) is 1.97. The highest BCUT2D eigenvalue weighted by atomic mass is 32.1. The second-order valence-electron chi connectivity index (χ2n) is 6.70. The van der Waals surface area contributed by atoms with Gasteiger partial charge in [0, 0.05) is 13.1 Å². The van der Waals surface area contributed by atoms with Gasteiger partial charge in [0.2, 0.25) is 17.6 Å². The van der Waals surface area contributed by atoms with E-state index in [0.29, 0.717) is 24.2 Å². The van der Waals surface area contributed by atoms with Crippen molar-refractivity contribution >= 4 is 17.2 Å². The molecule has 0 aromatic carbocycles. The number of carbonyl (C=O) groups excluding carboxylic acids is 1. The summed E-state index contributed by atoms with van der Waals surface area (Å²) in [5.41, 5.74) is 0. The Morgan fingerprint density at radius 1 is 1.54 bits per heavy atom. The quantitative estimate of drug-likeness (QED) is 0.869. The van der Waals surface area contributed by atoms with Crippen molar-refractivity contribution in [3.05, 3.63) is 23.4 Å². The van der Waals surface area contributed by atoms with Gasteiger partial charge in [-0.15, -0.1) is 11.3 Å². The summed E-state index contributed by atoms with van der Waals surface area (Å²) in [5.74, 6) is 1.95. The number of nitrogens with zero attached hydrogens (tertiary/aromatic N) is 3. The summed E-state index contributed by atoms with van der Waals surface area (Å²) in [5, 5.41) is 9.09. The fourth-order valence-electron chi connectivity index (χ4n) is 2.88. The Morgan fingerprint density at radius 3 is 3.17 bits per heavy atom. The van der Waals surface area contributed by atoms with Crippen LogP contribution in [0.1, 0.15) is 32.6 Å². The average Bonchev–Trinajstić information content (AvgIpc) is 3.24. The first kappa shape index (κ1) is 17.1. The van der Waals surface area contributed by atoms with Crippen LogP contribution in [0.5, 0.6) is 0 Å². The molecular formula is C17H24N4O2S. The number of hydrogen-bond acceptors (Lipinski definition) is 6. The molecule has 0 saturated carbocycles. The number of carbonyl (C=O) groups is 1. The van der Waals surface area contributed by atoms with Gasteiger partial charge in [0.15, 0.2) is 0 Å². The number of hydrogen-bond donors (Lipinski definition) is 1. The van der Waals surface area contributed by atoms with Crippen LogP contribution in [-0.2, 0) is 11.3 Å². The van der Waals surface area contributed by atoms with Gasteiger partial charge in [0.25, 0.3) is 0 Å². The van der Waals surface area contributed by atoms with Gasteiger partial charge in [0.1, 0.15) is 0 Å². The van der Waals surface area contributed by atoms with Crippen LogP contribution in [0.3, 0.4) is 0 Å². The molecule has 3 rings (SSSR count). The summed E-state index contributed by atoms with van der Waals surface area (Å²) in [4.78, 5) is 20.0. The van der Waals surface area contributed by atoms with Crippen molar-refractivity contribution in [1.82, 2.24) is 20.4 Å². The monoisotopic (exact) mass is 348 g/mol. The molecule has 2 aromatic rings. The summed E-state index contributed by atoms with van der Waals surface area (Å²) in [6.45, 7) is 7.27. The summed E-state index contributed by atoms with van der Waals surface area (Å²) in [7, 11) is 0. The van der Waals surface area contributed by atoms with E-state index in [0.717, 1.165) is 37.4 Å². The second-order valence-corrected chi connectivity index (χ2v) is 7.65. The smallest absolute Gasteiger partial charge is 0.241 e. The molecular weight excluding hydrogens is 324 g/mol. The molecule has 1 N–H and O–H groups in total. The van der Waals surface area contributed by atoms with Crippen LogP contribution >= 0.6 is 11.3 Å². The highest BCUT2D eigenvalue weighted by molar-refractivity contribution is 7.13. The Hall–Kier alpha value is -1.73. The van der Waals surface area contributed by atoms with Crippen molar-refractivity contribution < 1.29 is 9.32 Å². The molecule has 2 aromatic heterocycles. The highest BCUT2D eigenvalue weighted by Crippen LogP contribution is 2.23. The van der Waals surface area contributed by atoms with Gasteiger partial charge in [-0.05, 0) is 36.8 Å². The molecule has 7 heteroatoms. The highest BCUT2D eigenvalue weighted by Gasteiger charge is 2.26. The molecule has 1 atom stereocenters. The lowest BCUT2D eigenvalue weighted by Crippen LogP contribution is -2.43. The molecule has 0 aliphatic carbocycles. The largest absolute Gasteiger partial charge is 0.356 e. The Balaban J connectivity index is 1.54. The van der Waals surface area contributed by atoms with Gasteiger partial charge in [-0.25, -0.2) is 0 Å². The standard InChI is InChI=1S/C17H24N4O2S/c1-12(2)9-18-17(22)13-5-3-7-21(10-13)11-15-19-16(20-23-15)14-6-4-8-24-14/h4,6,8,12-13H,3,5,7,9-11H2,1-2H3,(H,18,22). The van der Waals surface area contributed by atoms with Crippen molar-refractivity contribution in [3.8, 4) is 10.7 Å². The van der Waals surface area contributed by atoms with E-state index in [1.54, 1.807) is 11.3 Å². The van der Waals surface area contributed by atoms with E-state index < -0.39 is 0 Å². The van der Waals surface area contributed by atoms with E-state index in [-0.39, 0.29) is 11.8 Å². The van der Waals surface area contributed by atoms with E-state index >= 15 is 0 Å². The van der Waals surface area contributed by atoms with Gasteiger partial charge in [-0.1, -0.05) is 25.1 Å². The lowest BCUT2D eigenvalue weighted by atomic mass is 9.97. The number of piperidine rings is 1. The molecule has 1 amide bonds. The first-order valence-corrected chi connectivity index (χ1v) is 9.36. The molecule has 1 saturated heterocycles. The molecule has 6 nitrogen and oxygen atoms in total. The molecule has 0 bridgehead atoms. The van der Waals surface area contributed by atoms with Crippen molar-refractivity contribution in [1.29, 1.82) is 0 Å². The predicted octanol–water partition coefficient (Wildman–Crippen LogP) is 2.78. The predicted molar refractivity (Wildman–Crippen MR) is 93.5 cm³/mol. The van der Waals surface area contributed by atoms with Gasteiger partial charge in [-0.2, -0.15) is 4.98 Å². The van der Waals surface area contributed by atoms with Crippen LogP contribution < -0.4 is 5.32 Å². The second kappa shape index (κ2) is 7.90. The third-order valence-electron chi connectivity index (χ3n) is 4.13. The number of amides is 1. The normalized spacial score (nSPS) is 18.9. The fourth-order valence-corrected chi connectivity index (χ4v) is 3.53. The van der Waals surface area contributed by atoms with E-state index in [1.165, 1.54) is 0 Å². The van der Waals surface area contributed by atoms with Crippen LogP contribution in [0.25, 0.3) is 10.7 Å². The molecule has 0 radical (unpaired) electrons. The number of likely N-dealkylation sites (tertiary alicyclic amines) is 1. The molecule has 0 spiro atoms. The average molecular weight is 348 g/mol. The van der Waals surface area contributed by atoms with Crippen LogP contribution in [-0.4, -0.2) is 40.6 Å². The number of nitrogens with one attached hydrogen (secondary N) is 1. The van der Waals surface area contributed by atoms with Gasteiger partial charge in [-0.3, -0.25) is 9.69 Å². The maximum Gasteiger partial charge on any atom is 0.241 e. The van der Waals surface area contributed by atoms with E-state index in [1.807, 2.05) is 17.5 Å². The molecule has 130 valence electrons. The molecule has 1 unspecified atom stereocenters. The van der Waals surface area contributed by atoms with Crippen LogP contribution in [0.4, 0.5) is 0 Å². The lowest BCUT2D eigenvalue weighted by Gasteiger charge is -2.31. The summed E-state index contributed by atoms with van der Waals surface area (Å²) < 4.78 is 5.37. The molecule has 1 aliphatic heterocycles. The van der Waals surface area contributed by atoms with Crippen LogP contribution in [0.2, 0.25) is 0 Å². The third kappa shape index (κ3) is 4.42. The maximum atomic E-state index is 12.3. The fraction of sp³-hybridized carbons (Fsp3) is 0.588. The minimum absolute atomic E-state index is 0.0530. The Labute approximate surface area is 146 Å². The lowest BCUT2D eigenvalue weighted by molar-refractivity contribution is -0.127. The molecule has 1 fully saturated rings. The molecule has 24 heavy (non-hydrogen) atoms. The zero-order chi connectivity index (χ0) is 16.9. The minimum Gasteiger partial charge on any atom is -0.356 e. The van der Waals surface area contributed by atoms with Gasteiger partial charge >= 0.3 is 0 Å². The number of thiophene rings is 1. The molecule has 3 heterocycles. The van der Waals surface area contributed by atoms with Crippen molar-refractivity contribution in [2.45, 2.75) is 33.2 Å². The Bertz CT molecular complexity index is 653. The van der Waals surface area contributed by atoms with Gasteiger partial charge < -0.3 is 9.84 Å². The van der Waals surface area contributed by atoms with Crippen molar-refractivity contribution in [2.24, 2.45) is 11.8 Å². The van der Waals surface area contributed by atoms with E-state index in [4.69, 9.17) is 4.52 Å². The Kier molecular flexibility index (Phi) is 5.63. The van der Waals surface area contributed by atoms with Crippen molar-refractivity contribution in [3.63, 3.8) is 0 Å². The zero-order valence-corrected chi connectivity index (χ0v) is 15.0. The van der Waals surface area contributed by atoms with E-state index in [2.05, 4.69) is 34.2 Å². The van der Waals surface area contributed by atoms with Gasteiger partial charge in [0.05, 0.1) is 17.3 Å². The third-order valence-corrected chi connectivity index (χ3v) is 5.00. The minimum atomic E-state index is 0.0530. The number of aromatic nitrogens is 2. The number of rotatable bonds is 6. The first-order chi connectivity index (χ1) is 11.6.